The van der Waals surface area contributed by atoms with Crippen molar-refractivity contribution in [1.29, 1.82) is 0 Å². The van der Waals surface area contributed by atoms with Gasteiger partial charge in [-0.1, -0.05) is 12.1 Å². The van der Waals surface area contributed by atoms with Crippen LogP contribution in [-0.2, 0) is 0 Å². The number of hydrogen-bond donors (Lipinski definition) is 3. The van der Waals surface area contributed by atoms with E-state index < -0.39 is 0 Å². The second kappa shape index (κ2) is 7.07. The molecule has 6 nitrogen and oxygen atoms in total. The Morgan fingerprint density at radius 3 is 2.67 bits per heavy atom. The molecule has 1 aliphatic heterocycles. The molecule has 0 saturated carbocycles. The molecule has 5 heterocycles. The van der Waals surface area contributed by atoms with Gasteiger partial charge < -0.3 is 10.3 Å². The first-order valence-corrected chi connectivity index (χ1v) is 10.4. The van der Waals surface area contributed by atoms with E-state index in [9.17, 15) is 0 Å². The van der Waals surface area contributed by atoms with Gasteiger partial charge in [0.2, 0.25) is 0 Å². The van der Waals surface area contributed by atoms with Crippen molar-refractivity contribution in [1.82, 2.24) is 30.5 Å². The summed E-state index contributed by atoms with van der Waals surface area (Å²) >= 11 is 0. The van der Waals surface area contributed by atoms with Crippen molar-refractivity contribution in [2.75, 3.05) is 13.1 Å². The van der Waals surface area contributed by atoms with E-state index in [1.165, 1.54) is 18.4 Å². The number of piperidine rings is 1. The van der Waals surface area contributed by atoms with E-state index in [-0.39, 0.29) is 0 Å². The minimum atomic E-state index is 0.613. The van der Waals surface area contributed by atoms with Crippen LogP contribution in [0, 0.1) is 0 Å². The van der Waals surface area contributed by atoms with E-state index in [1.54, 1.807) is 6.20 Å². The van der Waals surface area contributed by atoms with Crippen molar-refractivity contribution in [3.63, 3.8) is 0 Å². The molecule has 0 bridgehead atoms. The maximum absolute atomic E-state index is 4.65. The molecule has 1 fully saturated rings. The van der Waals surface area contributed by atoms with Crippen LogP contribution in [-0.4, -0.2) is 38.2 Å². The first kappa shape index (κ1) is 17.4. The molecule has 0 unspecified atom stereocenters. The Balaban J connectivity index is 1.47. The van der Waals surface area contributed by atoms with E-state index in [1.807, 2.05) is 24.7 Å². The number of hydrogen-bond acceptors (Lipinski definition) is 4. The minimum absolute atomic E-state index is 0.613. The van der Waals surface area contributed by atoms with Gasteiger partial charge >= 0.3 is 0 Å². The maximum Gasteiger partial charge on any atom is 0.116 e. The van der Waals surface area contributed by atoms with Crippen LogP contribution < -0.4 is 5.32 Å². The van der Waals surface area contributed by atoms with Crippen molar-refractivity contribution >= 4 is 21.8 Å². The molecule has 0 spiro atoms. The van der Waals surface area contributed by atoms with Crippen molar-refractivity contribution < 1.29 is 0 Å². The van der Waals surface area contributed by atoms with Crippen LogP contribution in [0.25, 0.3) is 44.3 Å². The first-order valence-electron chi connectivity index (χ1n) is 10.4. The van der Waals surface area contributed by atoms with E-state index in [0.717, 1.165) is 57.4 Å². The molecule has 0 aliphatic carbocycles. The SMILES string of the molecule is c1cncc(-c2cncc3[nH]c(-c4n[nH]c5ccc(C6CCNCC6)cc45)cc23)c1. The Morgan fingerprint density at radius 2 is 1.80 bits per heavy atom. The third-order valence-electron chi connectivity index (χ3n) is 6.17. The quantitative estimate of drug-likeness (QED) is 0.416. The second-order valence-corrected chi connectivity index (χ2v) is 7.97. The van der Waals surface area contributed by atoms with Gasteiger partial charge in [0.1, 0.15) is 5.69 Å². The number of nitrogens with one attached hydrogen (secondary N) is 3. The Bertz CT molecular complexity index is 1330. The smallest absolute Gasteiger partial charge is 0.116 e. The number of pyridine rings is 2. The molecule has 4 aromatic heterocycles. The molecule has 1 saturated heterocycles. The lowest BCUT2D eigenvalue weighted by Gasteiger charge is -2.23. The Labute approximate surface area is 173 Å². The van der Waals surface area contributed by atoms with E-state index in [0.29, 0.717) is 5.92 Å². The molecule has 6 rings (SSSR count). The highest BCUT2D eigenvalue weighted by atomic mass is 15.1. The fraction of sp³-hybridized carbons (Fsp3) is 0.208. The van der Waals surface area contributed by atoms with Crippen LogP contribution in [0.3, 0.4) is 0 Å². The number of nitrogens with zero attached hydrogens (tertiary/aromatic N) is 3. The molecular weight excluding hydrogens is 372 g/mol. The third-order valence-corrected chi connectivity index (χ3v) is 6.17. The molecule has 0 radical (unpaired) electrons. The van der Waals surface area contributed by atoms with Crippen LogP contribution in [0.2, 0.25) is 0 Å². The van der Waals surface area contributed by atoms with Crippen molar-refractivity contribution in [3.05, 3.63) is 66.7 Å². The van der Waals surface area contributed by atoms with Gasteiger partial charge in [-0.2, -0.15) is 5.10 Å². The average molecular weight is 394 g/mol. The summed E-state index contributed by atoms with van der Waals surface area (Å²) in [5.74, 6) is 0.613. The fourth-order valence-corrected chi connectivity index (χ4v) is 4.58. The second-order valence-electron chi connectivity index (χ2n) is 7.97. The van der Waals surface area contributed by atoms with E-state index in [4.69, 9.17) is 0 Å². The number of aromatic amines is 2. The lowest BCUT2D eigenvalue weighted by Crippen LogP contribution is -2.26. The molecular formula is C24H22N6. The molecule has 6 heteroatoms. The predicted molar refractivity (Wildman–Crippen MR) is 119 cm³/mol. The van der Waals surface area contributed by atoms with Gasteiger partial charge in [-0.25, -0.2) is 0 Å². The molecule has 3 N–H and O–H groups in total. The van der Waals surface area contributed by atoms with E-state index in [2.05, 4.69) is 60.8 Å². The van der Waals surface area contributed by atoms with Crippen LogP contribution in [0.15, 0.2) is 61.2 Å². The molecule has 1 aromatic carbocycles. The first-order chi connectivity index (χ1) is 14.9. The van der Waals surface area contributed by atoms with Crippen molar-refractivity contribution in [2.45, 2.75) is 18.8 Å². The summed E-state index contributed by atoms with van der Waals surface area (Å²) in [6.07, 6.45) is 9.80. The van der Waals surface area contributed by atoms with Crippen LogP contribution >= 0.6 is 0 Å². The monoisotopic (exact) mass is 394 g/mol. The number of H-pyrrole nitrogens is 2. The number of fused-ring (bicyclic) bond motifs is 2. The predicted octanol–water partition coefficient (Wildman–Crippen LogP) is 4.64. The highest BCUT2D eigenvalue weighted by Gasteiger charge is 2.18. The van der Waals surface area contributed by atoms with Crippen LogP contribution in [0.4, 0.5) is 0 Å². The summed E-state index contributed by atoms with van der Waals surface area (Å²) in [4.78, 5) is 12.2. The van der Waals surface area contributed by atoms with Crippen LogP contribution in [0.5, 0.6) is 0 Å². The van der Waals surface area contributed by atoms with Crippen LogP contribution in [0.1, 0.15) is 24.3 Å². The summed E-state index contributed by atoms with van der Waals surface area (Å²) in [5.41, 5.74) is 7.54. The highest BCUT2D eigenvalue weighted by Crippen LogP contribution is 2.35. The Kier molecular flexibility index (Phi) is 4.09. The molecule has 0 amide bonds. The van der Waals surface area contributed by atoms with Crippen molar-refractivity contribution in [2.24, 2.45) is 0 Å². The Hall–Kier alpha value is -3.51. The van der Waals surface area contributed by atoms with Gasteiger partial charge in [0, 0.05) is 40.5 Å². The van der Waals surface area contributed by atoms with Crippen molar-refractivity contribution in [3.8, 4) is 22.5 Å². The standard InChI is InChI=1S/C24H22N6/c1-2-17(12-26-7-1)20-13-27-14-23-18(20)11-22(28-23)24-19-10-16(3-4-21(19)29-30-24)15-5-8-25-9-6-15/h1-4,7,10-15,25,28H,5-6,8-9H2,(H,29,30). The lowest BCUT2D eigenvalue weighted by molar-refractivity contribution is 0.460. The van der Waals surface area contributed by atoms with Gasteiger partial charge in [-0.05, 0) is 61.7 Å². The average Bonchev–Trinajstić information content (AvgIpc) is 3.43. The molecule has 148 valence electrons. The zero-order valence-corrected chi connectivity index (χ0v) is 16.5. The maximum atomic E-state index is 4.65. The summed E-state index contributed by atoms with van der Waals surface area (Å²) in [7, 11) is 0. The third kappa shape index (κ3) is 2.88. The zero-order chi connectivity index (χ0) is 19.9. The number of aromatic nitrogens is 5. The Morgan fingerprint density at radius 1 is 0.867 bits per heavy atom. The molecule has 5 aromatic rings. The van der Waals surface area contributed by atoms with Gasteiger partial charge in [0.05, 0.1) is 22.9 Å². The zero-order valence-electron chi connectivity index (χ0n) is 16.5. The van der Waals surface area contributed by atoms with Gasteiger partial charge in [-0.15, -0.1) is 0 Å². The number of rotatable bonds is 3. The topological polar surface area (TPSA) is 82.3 Å². The highest BCUT2D eigenvalue weighted by molar-refractivity contribution is 6.00. The molecule has 30 heavy (non-hydrogen) atoms. The largest absolute Gasteiger partial charge is 0.352 e. The fourth-order valence-electron chi connectivity index (χ4n) is 4.58. The molecule has 1 aliphatic rings. The summed E-state index contributed by atoms with van der Waals surface area (Å²) < 4.78 is 0. The van der Waals surface area contributed by atoms with Gasteiger partial charge in [-0.3, -0.25) is 15.1 Å². The normalized spacial score (nSPS) is 15.2. The van der Waals surface area contributed by atoms with E-state index >= 15 is 0 Å². The minimum Gasteiger partial charge on any atom is -0.352 e. The van der Waals surface area contributed by atoms with Gasteiger partial charge in [0.25, 0.3) is 0 Å². The van der Waals surface area contributed by atoms with Gasteiger partial charge in [0.15, 0.2) is 0 Å². The lowest BCUT2D eigenvalue weighted by atomic mass is 9.89. The molecule has 0 atom stereocenters. The summed E-state index contributed by atoms with van der Waals surface area (Å²) in [6.45, 7) is 2.18. The summed E-state index contributed by atoms with van der Waals surface area (Å²) in [6, 6.07) is 12.9. The number of benzene rings is 1. The summed E-state index contributed by atoms with van der Waals surface area (Å²) in [5, 5.41) is 13.6.